The minimum Gasteiger partial charge on any atom is -0.391 e. The van der Waals surface area contributed by atoms with E-state index < -0.39 is 9.28 Å². The van der Waals surface area contributed by atoms with Gasteiger partial charge >= 0.3 is 9.28 Å². The van der Waals surface area contributed by atoms with Crippen molar-refractivity contribution < 1.29 is 8.85 Å². The van der Waals surface area contributed by atoms with Crippen LogP contribution < -0.4 is 0 Å². The van der Waals surface area contributed by atoms with Gasteiger partial charge in [0.25, 0.3) is 0 Å². The fourth-order valence-corrected chi connectivity index (χ4v) is 3.84. The van der Waals surface area contributed by atoms with Crippen molar-refractivity contribution in [2.75, 3.05) is 0 Å². The first-order valence-corrected chi connectivity index (χ1v) is 8.12. The highest BCUT2D eigenvalue weighted by molar-refractivity contribution is 6.46. The van der Waals surface area contributed by atoms with Crippen molar-refractivity contribution in [3.8, 4) is 0 Å². The van der Waals surface area contributed by atoms with E-state index in [0.29, 0.717) is 5.54 Å². The lowest BCUT2D eigenvalue weighted by atomic mass is 10.2. The zero-order valence-electron chi connectivity index (χ0n) is 12.7. The number of allylic oxidation sites excluding steroid dienone is 1. The van der Waals surface area contributed by atoms with Crippen molar-refractivity contribution in [1.29, 1.82) is 0 Å². The van der Waals surface area contributed by atoms with Gasteiger partial charge in [-0.25, -0.2) is 0 Å². The van der Waals surface area contributed by atoms with Gasteiger partial charge in [0.1, 0.15) is 0 Å². The minimum atomic E-state index is -1.66. The van der Waals surface area contributed by atoms with Gasteiger partial charge < -0.3 is 8.85 Å². The van der Waals surface area contributed by atoms with Crippen molar-refractivity contribution >= 4 is 9.28 Å². The van der Waals surface area contributed by atoms with E-state index in [1.807, 2.05) is 6.08 Å². The molecule has 2 nitrogen and oxygen atoms in total. The summed E-state index contributed by atoms with van der Waals surface area (Å²) < 4.78 is 12.3. The van der Waals surface area contributed by atoms with E-state index in [1.165, 1.54) is 0 Å². The Morgan fingerprint density at radius 3 is 1.76 bits per heavy atom. The van der Waals surface area contributed by atoms with Gasteiger partial charge in [0.15, 0.2) is 0 Å². The predicted octanol–water partition coefficient (Wildman–Crippen LogP) is 4.19. The lowest BCUT2D eigenvalue weighted by Crippen LogP contribution is -2.41. The van der Waals surface area contributed by atoms with Gasteiger partial charge in [0.05, 0.1) is 0 Å². The van der Waals surface area contributed by atoms with E-state index in [0.717, 1.165) is 12.8 Å². The van der Waals surface area contributed by atoms with Crippen LogP contribution in [-0.4, -0.2) is 20.5 Å². The maximum atomic E-state index is 6.16. The molecule has 0 spiro atoms. The fourth-order valence-electron chi connectivity index (χ4n) is 1.47. The molecule has 0 amide bonds. The van der Waals surface area contributed by atoms with Crippen LogP contribution in [0.2, 0.25) is 5.54 Å². The number of hydrogen-bond acceptors (Lipinski definition) is 2. The third kappa shape index (κ3) is 9.57. The van der Waals surface area contributed by atoms with Gasteiger partial charge in [0, 0.05) is 11.2 Å². The molecule has 0 aromatic heterocycles. The van der Waals surface area contributed by atoms with Crippen LogP contribution in [0.1, 0.15) is 61.3 Å². The molecule has 17 heavy (non-hydrogen) atoms. The summed E-state index contributed by atoms with van der Waals surface area (Å²) in [4.78, 5) is 0. The van der Waals surface area contributed by atoms with Crippen molar-refractivity contribution in [3.63, 3.8) is 0 Å². The molecule has 0 aliphatic heterocycles. The molecular formula is C14H30O2Si. The Labute approximate surface area is 109 Å². The third-order valence-corrected chi connectivity index (χ3v) is 5.37. The highest BCUT2D eigenvalue weighted by Crippen LogP contribution is 2.26. The van der Waals surface area contributed by atoms with Gasteiger partial charge in [0.2, 0.25) is 0 Å². The number of rotatable bonds is 6. The lowest BCUT2D eigenvalue weighted by molar-refractivity contribution is 0.0292. The molecule has 0 N–H and O–H groups in total. The second-order valence-electron chi connectivity index (χ2n) is 6.67. The van der Waals surface area contributed by atoms with Gasteiger partial charge in [-0.2, -0.15) is 0 Å². The van der Waals surface area contributed by atoms with Crippen LogP contribution in [0.3, 0.4) is 0 Å². The normalized spacial score (nSPS) is 15.1. The Balaban J connectivity index is 4.54. The Morgan fingerprint density at radius 1 is 1.06 bits per heavy atom. The van der Waals surface area contributed by atoms with Crippen LogP contribution in [-0.2, 0) is 8.85 Å². The number of hydrogen-bond donors (Lipinski definition) is 0. The summed E-state index contributed by atoms with van der Waals surface area (Å²) in [7, 11) is -1.66. The lowest BCUT2D eigenvalue weighted by Gasteiger charge is -2.34. The standard InChI is InChI=1S/C14H30O2Si/c1-9-10-11-12(2)17(15-13(3,4)5)16-14(6,7)8/h9,12,17H,1,10-11H2,2-8H3. The van der Waals surface area contributed by atoms with Crippen LogP contribution in [0.5, 0.6) is 0 Å². The second-order valence-corrected chi connectivity index (χ2v) is 9.02. The van der Waals surface area contributed by atoms with E-state index in [1.54, 1.807) is 0 Å². The molecule has 0 radical (unpaired) electrons. The first kappa shape index (κ1) is 16.9. The van der Waals surface area contributed by atoms with Gasteiger partial charge in [-0.3, -0.25) is 0 Å². The third-order valence-electron chi connectivity index (χ3n) is 2.23. The molecule has 0 fully saturated rings. The molecule has 0 heterocycles. The fraction of sp³-hybridized carbons (Fsp3) is 0.857. The van der Waals surface area contributed by atoms with Crippen LogP contribution in [0, 0.1) is 0 Å². The summed E-state index contributed by atoms with van der Waals surface area (Å²) in [6.45, 7) is 18.6. The summed E-state index contributed by atoms with van der Waals surface area (Å²) >= 11 is 0. The summed E-state index contributed by atoms with van der Waals surface area (Å²) in [5, 5.41) is 0. The van der Waals surface area contributed by atoms with Crippen molar-refractivity contribution in [3.05, 3.63) is 12.7 Å². The molecule has 0 aliphatic rings. The molecule has 0 bridgehead atoms. The topological polar surface area (TPSA) is 18.5 Å². The molecule has 0 saturated heterocycles. The van der Waals surface area contributed by atoms with Crippen molar-refractivity contribution in [2.24, 2.45) is 0 Å². The largest absolute Gasteiger partial charge is 0.391 e. The predicted molar refractivity (Wildman–Crippen MR) is 77.7 cm³/mol. The smallest absolute Gasteiger partial charge is 0.325 e. The molecule has 0 rings (SSSR count). The van der Waals surface area contributed by atoms with Crippen molar-refractivity contribution in [2.45, 2.75) is 78.1 Å². The second kappa shape index (κ2) is 6.71. The first-order valence-electron chi connectivity index (χ1n) is 6.52. The minimum absolute atomic E-state index is 0.120. The van der Waals surface area contributed by atoms with Crippen LogP contribution in [0.15, 0.2) is 12.7 Å². The van der Waals surface area contributed by atoms with E-state index in [2.05, 4.69) is 55.0 Å². The monoisotopic (exact) mass is 258 g/mol. The molecule has 0 aliphatic carbocycles. The quantitative estimate of drug-likeness (QED) is 0.525. The van der Waals surface area contributed by atoms with E-state index in [9.17, 15) is 0 Å². The summed E-state index contributed by atoms with van der Waals surface area (Å²) in [5.74, 6) is 0. The van der Waals surface area contributed by atoms with Gasteiger partial charge in [-0.1, -0.05) is 13.0 Å². The summed E-state index contributed by atoms with van der Waals surface area (Å²) in [6, 6.07) is 0. The molecule has 0 aromatic rings. The van der Waals surface area contributed by atoms with E-state index in [4.69, 9.17) is 8.85 Å². The Morgan fingerprint density at radius 2 is 1.47 bits per heavy atom. The Kier molecular flexibility index (Phi) is 6.67. The molecule has 3 heteroatoms. The molecule has 1 unspecified atom stereocenters. The molecule has 0 saturated carbocycles. The highest BCUT2D eigenvalue weighted by atomic mass is 28.3. The molecular weight excluding hydrogens is 228 g/mol. The molecule has 1 atom stereocenters. The van der Waals surface area contributed by atoms with Crippen molar-refractivity contribution in [1.82, 2.24) is 0 Å². The SMILES string of the molecule is C=CCCC(C)[SiH](OC(C)(C)C)OC(C)(C)C. The average Bonchev–Trinajstić information content (AvgIpc) is 2.08. The molecule has 102 valence electrons. The van der Waals surface area contributed by atoms with E-state index >= 15 is 0 Å². The van der Waals surface area contributed by atoms with Gasteiger partial charge in [-0.05, 0) is 59.9 Å². The van der Waals surface area contributed by atoms with Crippen LogP contribution >= 0.6 is 0 Å². The summed E-state index contributed by atoms with van der Waals surface area (Å²) in [5.41, 5.74) is 0.265. The van der Waals surface area contributed by atoms with Gasteiger partial charge in [-0.15, -0.1) is 6.58 Å². The van der Waals surface area contributed by atoms with Crippen LogP contribution in [0.4, 0.5) is 0 Å². The Hall–Kier alpha value is -0.123. The summed E-state index contributed by atoms with van der Waals surface area (Å²) in [6.07, 6.45) is 4.11. The molecule has 0 aromatic carbocycles. The van der Waals surface area contributed by atoms with E-state index in [-0.39, 0.29) is 11.2 Å². The zero-order chi connectivity index (χ0) is 13.7. The maximum Gasteiger partial charge on any atom is 0.325 e. The zero-order valence-corrected chi connectivity index (χ0v) is 13.8. The average molecular weight is 258 g/mol. The maximum absolute atomic E-state index is 6.16. The van der Waals surface area contributed by atoms with Crippen LogP contribution in [0.25, 0.3) is 0 Å². The first-order chi connectivity index (χ1) is 7.55. The highest BCUT2D eigenvalue weighted by Gasteiger charge is 2.31. The Bertz CT molecular complexity index is 209.